The molecule has 11 atom stereocenters. The van der Waals surface area contributed by atoms with E-state index in [-0.39, 0.29) is 80.7 Å². The van der Waals surface area contributed by atoms with Gasteiger partial charge in [-0.1, -0.05) is 99.1 Å². The zero-order valence-electron chi connectivity index (χ0n) is 53.6. The first-order valence-electron chi connectivity index (χ1n) is 30.9. The lowest BCUT2D eigenvalue weighted by Gasteiger charge is -2.41. The number of carbonyl (C=O) groups is 11. The van der Waals surface area contributed by atoms with E-state index < -0.39 is 121 Å². The topological polar surface area (TPSA) is 320 Å². The normalized spacial score (nSPS) is 17.7. The standard InChI is InChI=1S/C63H101N9O15/c1-14-41(8)56(70(11)62(83)54(39(4)5)68-61(82)55(40(6)7)69(10)33-20-22-38(2)3)48(86-12)37-52(76)71-34-21-26-47(71)57(87-13)42(9)58(79)67-46(36-43-23-16-15-17-24-43)60(81)65-44(27-30-53(77)78)59(80)66-45(63(84)85)25-18-19-32-64-49(73)31-35-72-50(74)28-29-51(72)75/h15-17,23-24,28-29,38-42,44-48,54-57H,14,18-22,25-27,30-37H2,1-13H3,(H,64,73)(H,65,81)(H,66,80)(H,67,79)(H,68,82)(H,77,78)(H,84,85)/t41-,42+,44-,45-,46?,47-,48+,54-,55-,56-,57+/m0/s1. The molecular formula is C63H101N9O15. The zero-order valence-corrected chi connectivity index (χ0v) is 53.6. The van der Waals surface area contributed by atoms with Gasteiger partial charge in [0, 0.05) is 72.3 Å². The number of aliphatic carboxylic acids is 2. The number of ether oxygens (including phenoxy) is 2. The van der Waals surface area contributed by atoms with Gasteiger partial charge in [-0.05, 0) is 94.2 Å². The van der Waals surface area contributed by atoms with Gasteiger partial charge in [-0.25, -0.2) is 4.79 Å². The quantitative estimate of drug-likeness (QED) is 0.0364. The van der Waals surface area contributed by atoms with Crippen molar-refractivity contribution in [2.45, 2.75) is 200 Å². The van der Waals surface area contributed by atoms with Crippen LogP contribution in [0.25, 0.3) is 0 Å². The molecule has 9 amide bonds. The molecule has 0 radical (unpaired) electrons. The number of methoxy groups -OCH3 is 2. The summed E-state index contributed by atoms with van der Waals surface area (Å²) in [6.07, 6.45) is 3.28. The number of benzene rings is 1. The number of carbonyl (C=O) groups excluding carboxylic acids is 9. The average Bonchev–Trinajstić information content (AvgIpc) is 3.98. The number of nitrogens with zero attached hydrogens (tertiary/aromatic N) is 4. The molecule has 87 heavy (non-hydrogen) atoms. The van der Waals surface area contributed by atoms with Gasteiger partial charge < -0.3 is 56.1 Å². The highest BCUT2D eigenvalue weighted by Gasteiger charge is 2.44. The van der Waals surface area contributed by atoms with Gasteiger partial charge in [-0.2, -0.15) is 0 Å². The van der Waals surface area contributed by atoms with E-state index >= 15 is 0 Å². The molecular weight excluding hydrogens is 1120 g/mol. The van der Waals surface area contributed by atoms with Crippen molar-refractivity contribution >= 4 is 65.1 Å². The number of likely N-dealkylation sites (tertiary alicyclic amines) is 1. The summed E-state index contributed by atoms with van der Waals surface area (Å²) in [5.74, 6) is -8.33. The number of imide groups is 1. The van der Waals surface area contributed by atoms with Crippen molar-refractivity contribution in [3.8, 4) is 0 Å². The minimum Gasteiger partial charge on any atom is -0.481 e. The van der Waals surface area contributed by atoms with Crippen LogP contribution in [0.2, 0.25) is 0 Å². The highest BCUT2D eigenvalue weighted by Crippen LogP contribution is 2.30. The van der Waals surface area contributed by atoms with Gasteiger partial charge in [0.1, 0.15) is 24.2 Å². The fraction of sp³-hybridized carbons (Fsp3) is 0.698. The maximum absolute atomic E-state index is 14.7. The molecule has 24 nitrogen and oxygen atoms in total. The van der Waals surface area contributed by atoms with Gasteiger partial charge in [-0.3, -0.25) is 57.7 Å². The number of unbranched alkanes of at least 4 members (excludes halogenated alkanes) is 1. The second-order valence-corrected chi connectivity index (χ2v) is 24.4. The molecule has 1 fully saturated rings. The number of hydrogen-bond donors (Lipinski definition) is 7. The Bertz CT molecular complexity index is 2480. The summed E-state index contributed by atoms with van der Waals surface area (Å²) < 4.78 is 12.1. The zero-order chi connectivity index (χ0) is 65.2. The predicted octanol–water partition coefficient (Wildman–Crippen LogP) is 3.69. The Morgan fingerprint density at radius 2 is 1.33 bits per heavy atom. The van der Waals surface area contributed by atoms with Crippen LogP contribution in [0.4, 0.5) is 0 Å². The van der Waals surface area contributed by atoms with Crippen LogP contribution in [-0.2, 0) is 68.6 Å². The summed E-state index contributed by atoms with van der Waals surface area (Å²) in [7, 11) is 6.56. The fourth-order valence-electron chi connectivity index (χ4n) is 11.5. The van der Waals surface area contributed by atoms with E-state index in [0.717, 1.165) is 36.4 Å². The van der Waals surface area contributed by atoms with E-state index in [1.165, 1.54) is 14.2 Å². The van der Waals surface area contributed by atoms with Crippen molar-refractivity contribution in [1.29, 1.82) is 0 Å². The number of carboxylic acid groups (broad SMARTS) is 2. The number of hydrogen-bond acceptors (Lipinski definition) is 14. The molecule has 1 saturated heterocycles. The molecule has 1 aromatic carbocycles. The molecule has 0 spiro atoms. The van der Waals surface area contributed by atoms with Crippen molar-refractivity contribution in [3.05, 3.63) is 48.0 Å². The van der Waals surface area contributed by atoms with Crippen LogP contribution in [0.1, 0.15) is 145 Å². The van der Waals surface area contributed by atoms with Crippen LogP contribution in [0.5, 0.6) is 0 Å². The van der Waals surface area contributed by atoms with Crippen LogP contribution in [0.3, 0.4) is 0 Å². The van der Waals surface area contributed by atoms with E-state index in [0.29, 0.717) is 43.7 Å². The van der Waals surface area contributed by atoms with Gasteiger partial charge in [0.05, 0.1) is 42.7 Å². The lowest BCUT2D eigenvalue weighted by molar-refractivity contribution is -0.148. The highest BCUT2D eigenvalue weighted by atomic mass is 16.5. The van der Waals surface area contributed by atoms with E-state index in [1.807, 2.05) is 48.6 Å². The summed E-state index contributed by atoms with van der Waals surface area (Å²) in [5, 5.41) is 33.2. The lowest BCUT2D eigenvalue weighted by Crippen LogP contribution is -2.60. The van der Waals surface area contributed by atoms with Crippen molar-refractivity contribution in [1.82, 2.24) is 46.2 Å². The van der Waals surface area contributed by atoms with Gasteiger partial charge in [-0.15, -0.1) is 0 Å². The Kier molecular flexibility index (Phi) is 31.8. The van der Waals surface area contributed by atoms with Crippen molar-refractivity contribution in [3.63, 3.8) is 0 Å². The van der Waals surface area contributed by atoms with Gasteiger partial charge in [0.2, 0.25) is 41.4 Å². The number of rotatable bonds is 40. The molecule has 24 heteroatoms. The van der Waals surface area contributed by atoms with Crippen LogP contribution in [0.15, 0.2) is 42.5 Å². The largest absolute Gasteiger partial charge is 0.481 e. The Hall–Kier alpha value is -6.79. The molecule has 0 aliphatic carbocycles. The summed E-state index contributed by atoms with van der Waals surface area (Å²) in [6.45, 7) is 18.8. The molecule has 0 aromatic heterocycles. The van der Waals surface area contributed by atoms with Crippen LogP contribution < -0.4 is 26.6 Å². The first kappa shape index (κ1) is 74.5. The molecule has 2 heterocycles. The molecule has 488 valence electrons. The Labute approximate surface area is 514 Å². The average molecular weight is 1220 g/mol. The third kappa shape index (κ3) is 23.3. The summed E-state index contributed by atoms with van der Waals surface area (Å²) >= 11 is 0. The van der Waals surface area contributed by atoms with Crippen LogP contribution >= 0.6 is 0 Å². The second kappa shape index (κ2) is 37.1. The van der Waals surface area contributed by atoms with Crippen molar-refractivity contribution < 1.29 is 72.4 Å². The van der Waals surface area contributed by atoms with Gasteiger partial charge in [0.15, 0.2) is 0 Å². The minimum atomic E-state index is -1.55. The molecule has 7 N–H and O–H groups in total. The molecule has 3 rings (SSSR count). The Morgan fingerprint density at radius 3 is 1.90 bits per heavy atom. The predicted molar refractivity (Wildman–Crippen MR) is 326 cm³/mol. The second-order valence-electron chi connectivity index (χ2n) is 24.4. The summed E-state index contributed by atoms with van der Waals surface area (Å²) in [4.78, 5) is 153. The molecule has 0 saturated carbocycles. The van der Waals surface area contributed by atoms with Crippen LogP contribution in [-0.4, -0.2) is 204 Å². The van der Waals surface area contributed by atoms with Gasteiger partial charge >= 0.3 is 11.9 Å². The van der Waals surface area contributed by atoms with E-state index in [4.69, 9.17) is 9.47 Å². The van der Waals surface area contributed by atoms with E-state index in [2.05, 4.69) is 45.3 Å². The fourth-order valence-corrected chi connectivity index (χ4v) is 11.5. The van der Waals surface area contributed by atoms with Crippen molar-refractivity contribution in [2.75, 3.05) is 54.5 Å². The molecule has 2 aliphatic heterocycles. The first-order valence-corrected chi connectivity index (χ1v) is 30.9. The number of nitrogens with one attached hydrogen (secondary N) is 5. The van der Waals surface area contributed by atoms with Crippen LogP contribution in [0, 0.1) is 29.6 Å². The van der Waals surface area contributed by atoms with Crippen molar-refractivity contribution in [2.24, 2.45) is 29.6 Å². The molecule has 0 bridgehead atoms. The monoisotopic (exact) mass is 1220 g/mol. The highest BCUT2D eigenvalue weighted by molar-refractivity contribution is 6.13. The molecule has 2 aliphatic rings. The molecule has 1 unspecified atom stereocenters. The smallest absolute Gasteiger partial charge is 0.326 e. The first-order chi connectivity index (χ1) is 41.1. The summed E-state index contributed by atoms with van der Waals surface area (Å²) in [6, 6.07) is 1.82. The lowest BCUT2D eigenvalue weighted by atomic mass is 9.89. The van der Waals surface area contributed by atoms with E-state index in [9.17, 15) is 63.0 Å². The van der Waals surface area contributed by atoms with E-state index in [1.54, 1.807) is 54.1 Å². The Balaban J connectivity index is 1.79. The SMILES string of the molecule is CC[C@H](C)[C@@H]([C@@H](CC(=O)N1CCC[C@H]1[C@H](OC)[C@@H](C)C(=O)NC(Cc1ccccc1)C(=O)N[C@@H](CCC(=O)O)C(=O)N[C@@H](CCCCNC(=O)CCN1C(=O)C=CC1=O)C(=O)O)OC)N(C)C(=O)[C@@H](NC(=O)[C@H](C(C)C)N(C)CCCC(C)C)C(C)C. The number of carboxylic acids is 2. The minimum absolute atomic E-state index is 0.0245. The third-order valence-electron chi connectivity index (χ3n) is 16.7. The maximum Gasteiger partial charge on any atom is 0.326 e. The Morgan fingerprint density at radius 1 is 0.713 bits per heavy atom. The number of amides is 9. The molecule has 1 aromatic rings. The maximum atomic E-state index is 14.7. The third-order valence-corrected chi connectivity index (χ3v) is 16.7. The number of likely N-dealkylation sites (N-methyl/N-ethyl adjacent to an activating group) is 2. The summed E-state index contributed by atoms with van der Waals surface area (Å²) in [5.41, 5.74) is 0.625. The van der Waals surface area contributed by atoms with Gasteiger partial charge in [0.25, 0.3) is 11.8 Å².